The number of benzene rings is 1. The summed E-state index contributed by atoms with van der Waals surface area (Å²) in [6, 6.07) is 8.76. The zero-order valence-corrected chi connectivity index (χ0v) is 10.3. The average molecular weight is 247 g/mol. The molecule has 0 saturated carbocycles. The molecule has 3 N–H and O–H groups in total. The number of ether oxygens (including phenoxy) is 1. The van der Waals surface area contributed by atoms with Crippen molar-refractivity contribution in [2.75, 3.05) is 18.5 Å². The molecule has 1 unspecified atom stereocenters. The molecule has 0 aliphatic rings. The molecular formula is C13H17N3O2. The third kappa shape index (κ3) is 4.07. The van der Waals surface area contributed by atoms with Crippen LogP contribution in [0.3, 0.4) is 0 Å². The maximum atomic E-state index is 11.8. The van der Waals surface area contributed by atoms with E-state index in [9.17, 15) is 4.79 Å². The summed E-state index contributed by atoms with van der Waals surface area (Å²) in [5, 5.41) is 11.2. The lowest BCUT2D eigenvalue weighted by atomic mass is 10.1. The summed E-state index contributed by atoms with van der Waals surface area (Å²) in [7, 11) is 0. The van der Waals surface area contributed by atoms with Gasteiger partial charge in [0.1, 0.15) is 11.8 Å². The van der Waals surface area contributed by atoms with Gasteiger partial charge in [-0.2, -0.15) is 5.26 Å². The molecule has 0 aliphatic heterocycles. The molecular weight excluding hydrogens is 230 g/mol. The molecule has 1 rings (SSSR count). The van der Waals surface area contributed by atoms with Gasteiger partial charge in [-0.25, -0.2) is 0 Å². The Morgan fingerprint density at radius 3 is 2.67 bits per heavy atom. The van der Waals surface area contributed by atoms with Crippen LogP contribution in [0, 0.1) is 17.2 Å². The van der Waals surface area contributed by atoms with E-state index in [4.69, 9.17) is 15.7 Å². The van der Waals surface area contributed by atoms with E-state index < -0.39 is 0 Å². The van der Waals surface area contributed by atoms with Gasteiger partial charge in [0.2, 0.25) is 5.91 Å². The van der Waals surface area contributed by atoms with E-state index in [1.165, 1.54) is 0 Å². The fraction of sp³-hybridized carbons (Fsp3) is 0.385. The zero-order chi connectivity index (χ0) is 13.4. The Balaban J connectivity index is 2.58. The van der Waals surface area contributed by atoms with Crippen LogP contribution < -0.4 is 15.8 Å². The molecule has 0 heterocycles. The maximum Gasteiger partial charge on any atom is 0.228 e. The zero-order valence-electron chi connectivity index (χ0n) is 10.3. The summed E-state index contributed by atoms with van der Waals surface area (Å²) < 4.78 is 5.11. The number of nitrogens with two attached hydrogens (primary N) is 1. The van der Waals surface area contributed by atoms with Crippen LogP contribution in [0.15, 0.2) is 24.3 Å². The molecule has 0 radical (unpaired) electrons. The van der Waals surface area contributed by atoms with Gasteiger partial charge in [0, 0.05) is 12.2 Å². The molecule has 1 aromatic carbocycles. The SMILES string of the molecule is CCC(CN)C(=O)Nc1ccc(OCC#N)cc1. The van der Waals surface area contributed by atoms with E-state index in [0.29, 0.717) is 24.4 Å². The van der Waals surface area contributed by atoms with E-state index in [-0.39, 0.29) is 18.4 Å². The number of nitrogens with one attached hydrogen (secondary N) is 1. The van der Waals surface area contributed by atoms with E-state index >= 15 is 0 Å². The van der Waals surface area contributed by atoms with Gasteiger partial charge < -0.3 is 15.8 Å². The van der Waals surface area contributed by atoms with Gasteiger partial charge in [0.15, 0.2) is 6.61 Å². The van der Waals surface area contributed by atoms with Gasteiger partial charge in [0.25, 0.3) is 0 Å². The van der Waals surface area contributed by atoms with Gasteiger partial charge in [-0.3, -0.25) is 4.79 Å². The lowest BCUT2D eigenvalue weighted by molar-refractivity contribution is -0.119. The van der Waals surface area contributed by atoms with Crippen LogP contribution in [0.25, 0.3) is 0 Å². The van der Waals surface area contributed by atoms with Crippen molar-refractivity contribution in [3.05, 3.63) is 24.3 Å². The number of nitrogens with zero attached hydrogens (tertiary/aromatic N) is 1. The molecule has 18 heavy (non-hydrogen) atoms. The summed E-state index contributed by atoms with van der Waals surface area (Å²) in [5.41, 5.74) is 6.20. The van der Waals surface area contributed by atoms with E-state index in [1.807, 2.05) is 13.0 Å². The molecule has 0 spiro atoms. The van der Waals surface area contributed by atoms with Gasteiger partial charge in [-0.05, 0) is 30.7 Å². The molecule has 1 atom stereocenters. The first-order valence-electron chi connectivity index (χ1n) is 5.82. The molecule has 0 aromatic heterocycles. The smallest absolute Gasteiger partial charge is 0.228 e. The van der Waals surface area contributed by atoms with Crippen LogP contribution >= 0.6 is 0 Å². The lowest BCUT2D eigenvalue weighted by Gasteiger charge is -2.12. The minimum absolute atomic E-state index is 0.0107. The number of hydrogen-bond donors (Lipinski definition) is 2. The molecule has 5 heteroatoms. The van der Waals surface area contributed by atoms with E-state index in [1.54, 1.807) is 24.3 Å². The first kappa shape index (κ1) is 14.0. The van der Waals surface area contributed by atoms with Crippen LogP contribution in [0.5, 0.6) is 5.75 Å². The Labute approximate surface area is 107 Å². The van der Waals surface area contributed by atoms with Gasteiger partial charge >= 0.3 is 0 Å². The lowest BCUT2D eigenvalue weighted by Crippen LogP contribution is -2.28. The second-order valence-electron chi connectivity index (χ2n) is 3.80. The van der Waals surface area contributed by atoms with Crippen molar-refractivity contribution >= 4 is 11.6 Å². The summed E-state index contributed by atoms with van der Waals surface area (Å²) in [5.74, 6) is 0.352. The number of amides is 1. The summed E-state index contributed by atoms with van der Waals surface area (Å²) in [6.07, 6.45) is 0.714. The molecule has 96 valence electrons. The van der Waals surface area contributed by atoms with Crippen molar-refractivity contribution in [2.45, 2.75) is 13.3 Å². The topological polar surface area (TPSA) is 88.1 Å². The number of carbonyl (C=O) groups excluding carboxylic acids is 1. The minimum atomic E-state index is -0.167. The second-order valence-corrected chi connectivity index (χ2v) is 3.80. The molecule has 1 aromatic rings. The highest BCUT2D eigenvalue weighted by molar-refractivity contribution is 5.92. The van der Waals surface area contributed by atoms with E-state index in [2.05, 4.69) is 5.32 Å². The highest BCUT2D eigenvalue weighted by Gasteiger charge is 2.14. The van der Waals surface area contributed by atoms with Crippen LogP contribution in [0.1, 0.15) is 13.3 Å². The largest absolute Gasteiger partial charge is 0.479 e. The molecule has 0 aliphatic carbocycles. The normalized spacial score (nSPS) is 11.4. The predicted molar refractivity (Wildman–Crippen MR) is 69.0 cm³/mol. The third-order valence-electron chi connectivity index (χ3n) is 2.57. The van der Waals surface area contributed by atoms with Crippen molar-refractivity contribution in [3.8, 4) is 11.8 Å². The molecule has 5 nitrogen and oxygen atoms in total. The Morgan fingerprint density at radius 1 is 1.50 bits per heavy atom. The fourth-order valence-corrected chi connectivity index (χ4v) is 1.45. The minimum Gasteiger partial charge on any atom is -0.479 e. The van der Waals surface area contributed by atoms with Crippen molar-refractivity contribution in [1.29, 1.82) is 5.26 Å². The van der Waals surface area contributed by atoms with E-state index in [0.717, 1.165) is 0 Å². The Kier molecular flexibility index (Phi) is 5.68. The van der Waals surface area contributed by atoms with Crippen molar-refractivity contribution in [2.24, 2.45) is 11.7 Å². The van der Waals surface area contributed by atoms with Crippen molar-refractivity contribution in [3.63, 3.8) is 0 Å². The number of carbonyl (C=O) groups is 1. The highest BCUT2D eigenvalue weighted by Crippen LogP contribution is 2.16. The van der Waals surface area contributed by atoms with Crippen LogP contribution in [-0.4, -0.2) is 19.1 Å². The van der Waals surface area contributed by atoms with Crippen molar-refractivity contribution in [1.82, 2.24) is 0 Å². The Hall–Kier alpha value is -2.06. The first-order valence-corrected chi connectivity index (χ1v) is 5.82. The highest BCUT2D eigenvalue weighted by atomic mass is 16.5. The van der Waals surface area contributed by atoms with Crippen LogP contribution in [0.2, 0.25) is 0 Å². The quantitative estimate of drug-likeness (QED) is 0.797. The predicted octanol–water partition coefficient (Wildman–Crippen LogP) is 1.51. The molecule has 0 fully saturated rings. The second kappa shape index (κ2) is 7.30. The monoisotopic (exact) mass is 247 g/mol. The third-order valence-corrected chi connectivity index (χ3v) is 2.57. The molecule has 0 saturated heterocycles. The fourth-order valence-electron chi connectivity index (χ4n) is 1.45. The molecule has 1 amide bonds. The van der Waals surface area contributed by atoms with Crippen LogP contribution in [-0.2, 0) is 4.79 Å². The van der Waals surface area contributed by atoms with Gasteiger partial charge in [0.05, 0.1) is 5.92 Å². The number of rotatable bonds is 6. The van der Waals surface area contributed by atoms with Crippen molar-refractivity contribution < 1.29 is 9.53 Å². The number of anilines is 1. The average Bonchev–Trinajstić information content (AvgIpc) is 2.39. The number of hydrogen-bond acceptors (Lipinski definition) is 4. The Morgan fingerprint density at radius 2 is 2.17 bits per heavy atom. The molecule has 0 bridgehead atoms. The van der Waals surface area contributed by atoms with Crippen LogP contribution in [0.4, 0.5) is 5.69 Å². The Bertz CT molecular complexity index is 419. The summed E-state index contributed by atoms with van der Waals surface area (Å²) in [6.45, 7) is 2.28. The standard InChI is InChI=1S/C13H17N3O2/c1-2-10(9-15)13(17)16-11-3-5-12(6-4-11)18-8-7-14/h3-6,10H,2,8-9,15H2,1H3,(H,16,17). The first-order chi connectivity index (χ1) is 8.71. The van der Waals surface area contributed by atoms with Gasteiger partial charge in [-0.1, -0.05) is 6.92 Å². The maximum absolute atomic E-state index is 11.8. The number of nitriles is 1. The summed E-state index contributed by atoms with van der Waals surface area (Å²) >= 11 is 0. The van der Waals surface area contributed by atoms with Gasteiger partial charge in [-0.15, -0.1) is 0 Å². The summed E-state index contributed by atoms with van der Waals surface area (Å²) in [4.78, 5) is 11.8.